The van der Waals surface area contributed by atoms with E-state index in [9.17, 15) is 4.79 Å². The van der Waals surface area contributed by atoms with Crippen LogP contribution in [0.3, 0.4) is 0 Å². The van der Waals surface area contributed by atoms with E-state index >= 15 is 0 Å². The summed E-state index contributed by atoms with van der Waals surface area (Å²) in [6.45, 7) is 4.60. The van der Waals surface area contributed by atoms with Crippen LogP contribution in [0.25, 0.3) is 5.69 Å². The Bertz CT molecular complexity index is 973. The Kier molecular flexibility index (Phi) is 6.30. The Hall–Kier alpha value is -2.87. The minimum absolute atomic E-state index is 0.00309. The molecule has 0 N–H and O–H groups in total. The smallest absolute Gasteiger partial charge is 0.233 e. The minimum atomic E-state index is 0.00309. The number of hydrogen-bond donors (Lipinski definition) is 0. The zero-order valence-electron chi connectivity index (χ0n) is 16.4. The molecule has 0 fully saturated rings. The van der Waals surface area contributed by atoms with Crippen LogP contribution in [0, 0.1) is 13.8 Å². The van der Waals surface area contributed by atoms with Crippen molar-refractivity contribution >= 4 is 17.7 Å². The van der Waals surface area contributed by atoms with Gasteiger partial charge in [-0.3, -0.25) is 4.79 Å². The van der Waals surface area contributed by atoms with Crippen LogP contribution in [0.1, 0.15) is 16.7 Å². The second-order valence-corrected chi connectivity index (χ2v) is 7.42. The lowest BCUT2D eigenvalue weighted by Crippen LogP contribution is -2.27. The molecule has 0 spiro atoms. The molecule has 28 heavy (non-hydrogen) atoms. The van der Waals surface area contributed by atoms with Gasteiger partial charge in [-0.1, -0.05) is 36.0 Å². The molecule has 0 unspecified atom stereocenters. The van der Waals surface area contributed by atoms with Crippen LogP contribution in [0.2, 0.25) is 0 Å². The summed E-state index contributed by atoms with van der Waals surface area (Å²) in [6.07, 6.45) is 0. The Morgan fingerprint density at radius 3 is 2.79 bits per heavy atom. The van der Waals surface area contributed by atoms with Gasteiger partial charge in [0.25, 0.3) is 0 Å². The van der Waals surface area contributed by atoms with Crippen molar-refractivity contribution in [2.75, 3.05) is 19.9 Å². The van der Waals surface area contributed by atoms with Crippen LogP contribution < -0.4 is 4.74 Å². The van der Waals surface area contributed by atoms with E-state index in [2.05, 4.69) is 15.5 Å². The third kappa shape index (κ3) is 4.51. The van der Waals surface area contributed by atoms with E-state index in [4.69, 9.17) is 4.74 Å². The van der Waals surface area contributed by atoms with Crippen LogP contribution in [0.15, 0.2) is 47.6 Å². The predicted molar refractivity (Wildman–Crippen MR) is 109 cm³/mol. The standard InChI is InChI=1S/C20H23N5O2S/c1-14-7-5-10-18(15(14)2)25-20(21-22-23-25)28-13-19(26)24(3)12-16-8-6-9-17(11-16)27-4/h5-11H,12-13H2,1-4H3. The number of carbonyl (C=O) groups is 1. The average molecular weight is 398 g/mol. The number of tetrazole rings is 1. The van der Waals surface area contributed by atoms with Crippen molar-refractivity contribution in [2.24, 2.45) is 0 Å². The molecule has 0 aliphatic rings. The number of hydrogen-bond acceptors (Lipinski definition) is 6. The highest BCUT2D eigenvalue weighted by Gasteiger charge is 2.16. The number of benzene rings is 2. The minimum Gasteiger partial charge on any atom is -0.497 e. The first-order valence-corrected chi connectivity index (χ1v) is 9.83. The lowest BCUT2D eigenvalue weighted by atomic mass is 10.1. The first kappa shape index (κ1) is 19.9. The maximum Gasteiger partial charge on any atom is 0.233 e. The van der Waals surface area contributed by atoms with Crippen molar-refractivity contribution in [3.05, 3.63) is 59.2 Å². The monoisotopic (exact) mass is 397 g/mol. The summed E-state index contributed by atoms with van der Waals surface area (Å²) in [6, 6.07) is 13.7. The first-order valence-electron chi connectivity index (χ1n) is 8.84. The molecule has 0 saturated heterocycles. The zero-order chi connectivity index (χ0) is 20.1. The van der Waals surface area contributed by atoms with E-state index in [-0.39, 0.29) is 11.7 Å². The SMILES string of the molecule is COc1cccc(CN(C)C(=O)CSc2nnnn2-c2cccc(C)c2C)c1. The lowest BCUT2D eigenvalue weighted by molar-refractivity contribution is -0.127. The summed E-state index contributed by atoms with van der Waals surface area (Å²) in [5.74, 6) is 1.04. The Morgan fingerprint density at radius 1 is 1.21 bits per heavy atom. The van der Waals surface area contributed by atoms with E-state index in [0.717, 1.165) is 28.1 Å². The molecule has 3 rings (SSSR count). The quantitative estimate of drug-likeness (QED) is 0.571. The number of rotatable bonds is 7. The fourth-order valence-electron chi connectivity index (χ4n) is 2.75. The highest BCUT2D eigenvalue weighted by Crippen LogP contribution is 2.23. The molecule has 1 amide bonds. The number of aromatic nitrogens is 4. The molecule has 0 atom stereocenters. The third-order valence-corrected chi connectivity index (χ3v) is 5.45. The highest BCUT2D eigenvalue weighted by atomic mass is 32.2. The first-order chi connectivity index (χ1) is 13.5. The number of carbonyl (C=O) groups excluding carboxylic acids is 1. The molecule has 146 valence electrons. The van der Waals surface area contributed by atoms with Crippen LogP contribution in [-0.4, -0.2) is 50.9 Å². The van der Waals surface area contributed by atoms with Gasteiger partial charge in [-0.25, -0.2) is 0 Å². The Labute approximate surface area is 168 Å². The van der Waals surface area contributed by atoms with Gasteiger partial charge in [0.2, 0.25) is 11.1 Å². The van der Waals surface area contributed by atoms with E-state index in [1.54, 1.807) is 23.7 Å². The van der Waals surface area contributed by atoms with Crippen LogP contribution in [0.4, 0.5) is 0 Å². The Morgan fingerprint density at radius 2 is 2.00 bits per heavy atom. The summed E-state index contributed by atoms with van der Waals surface area (Å²) >= 11 is 1.33. The number of nitrogens with zero attached hydrogens (tertiary/aromatic N) is 5. The molecule has 1 heterocycles. The molecule has 0 aliphatic carbocycles. The zero-order valence-corrected chi connectivity index (χ0v) is 17.2. The molecule has 8 heteroatoms. The van der Waals surface area contributed by atoms with Gasteiger partial charge in [-0.15, -0.1) is 5.10 Å². The maximum absolute atomic E-state index is 12.6. The van der Waals surface area contributed by atoms with Gasteiger partial charge >= 0.3 is 0 Å². The van der Waals surface area contributed by atoms with Gasteiger partial charge in [0, 0.05) is 13.6 Å². The van der Waals surface area contributed by atoms with Crippen molar-refractivity contribution in [2.45, 2.75) is 25.5 Å². The van der Waals surface area contributed by atoms with Crippen molar-refractivity contribution in [1.82, 2.24) is 25.1 Å². The van der Waals surface area contributed by atoms with Gasteiger partial charge < -0.3 is 9.64 Å². The number of amides is 1. The molecule has 7 nitrogen and oxygen atoms in total. The fraction of sp³-hybridized carbons (Fsp3) is 0.300. The molecule has 0 saturated carbocycles. The summed E-state index contributed by atoms with van der Waals surface area (Å²) in [5, 5.41) is 12.5. The number of methoxy groups -OCH3 is 1. The average Bonchev–Trinajstić information content (AvgIpc) is 3.16. The Balaban J connectivity index is 1.65. The number of aryl methyl sites for hydroxylation is 1. The van der Waals surface area contributed by atoms with E-state index in [1.807, 2.05) is 56.3 Å². The summed E-state index contributed by atoms with van der Waals surface area (Å²) in [7, 11) is 3.42. The van der Waals surface area contributed by atoms with Gasteiger partial charge in [-0.05, 0) is 59.2 Å². The van der Waals surface area contributed by atoms with E-state index in [0.29, 0.717) is 11.7 Å². The highest BCUT2D eigenvalue weighted by molar-refractivity contribution is 7.99. The molecule has 0 radical (unpaired) electrons. The summed E-state index contributed by atoms with van der Waals surface area (Å²) < 4.78 is 6.92. The predicted octanol–water partition coefficient (Wildman–Crippen LogP) is 3.04. The van der Waals surface area contributed by atoms with Gasteiger partial charge in [0.15, 0.2) is 0 Å². The molecule has 0 bridgehead atoms. The van der Waals surface area contributed by atoms with Crippen molar-refractivity contribution in [1.29, 1.82) is 0 Å². The largest absolute Gasteiger partial charge is 0.497 e. The lowest BCUT2D eigenvalue weighted by Gasteiger charge is -2.17. The van der Waals surface area contributed by atoms with Crippen molar-refractivity contribution in [3.63, 3.8) is 0 Å². The van der Waals surface area contributed by atoms with Crippen molar-refractivity contribution < 1.29 is 9.53 Å². The molecular formula is C20H23N5O2S. The topological polar surface area (TPSA) is 73.1 Å². The number of ether oxygens (including phenoxy) is 1. The second kappa shape index (κ2) is 8.88. The van der Waals surface area contributed by atoms with Crippen LogP contribution >= 0.6 is 11.8 Å². The van der Waals surface area contributed by atoms with E-state index in [1.165, 1.54) is 11.8 Å². The summed E-state index contributed by atoms with van der Waals surface area (Å²) in [5.41, 5.74) is 4.21. The second-order valence-electron chi connectivity index (χ2n) is 6.48. The molecule has 1 aromatic heterocycles. The van der Waals surface area contributed by atoms with Crippen LogP contribution in [-0.2, 0) is 11.3 Å². The fourth-order valence-corrected chi connectivity index (χ4v) is 3.58. The molecular weight excluding hydrogens is 374 g/mol. The van der Waals surface area contributed by atoms with E-state index < -0.39 is 0 Å². The molecule has 2 aromatic carbocycles. The molecule has 3 aromatic rings. The normalized spacial score (nSPS) is 10.7. The van der Waals surface area contributed by atoms with Crippen molar-refractivity contribution in [3.8, 4) is 11.4 Å². The summed E-state index contributed by atoms with van der Waals surface area (Å²) in [4.78, 5) is 14.3. The van der Waals surface area contributed by atoms with Gasteiger partial charge in [-0.2, -0.15) is 4.68 Å². The van der Waals surface area contributed by atoms with Gasteiger partial charge in [0.1, 0.15) is 5.75 Å². The third-order valence-electron chi connectivity index (χ3n) is 4.55. The molecule has 0 aliphatic heterocycles. The number of thioether (sulfide) groups is 1. The maximum atomic E-state index is 12.6. The van der Waals surface area contributed by atoms with Gasteiger partial charge in [0.05, 0.1) is 18.6 Å². The van der Waals surface area contributed by atoms with Crippen LogP contribution in [0.5, 0.6) is 5.75 Å².